The molecule has 0 aliphatic rings. The average Bonchev–Trinajstić information content (AvgIpc) is 2.73. The van der Waals surface area contributed by atoms with Crippen LogP contribution in [0.2, 0.25) is 0 Å². The first-order valence-electron chi connectivity index (χ1n) is 9.44. The van der Waals surface area contributed by atoms with Gasteiger partial charge in [0, 0.05) is 12.2 Å². The van der Waals surface area contributed by atoms with Gasteiger partial charge in [0.25, 0.3) is 0 Å². The van der Waals surface area contributed by atoms with E-state index in [0.29, 0.717) is 24.3 Å². The van der Waals surface area contributed by atoms with Gasteiger partial charge in [-0.3, -0.25) is 4.98 Å². The van der Waals surface area contributed by atoms with Crippen LogP contribution < -0.4 is 10.1 Å². The molecule has 0 saturated carbocycles. The third-order valence-electron chi connectivity index (χ3n) is 4.53. The standard InChI is InChI=1S/C22H22F2N2O3S/c1-16(26-12-3-13-30(27,28)20-8-6-18(23)7-9-20)17-5-10-22(21(24)14-17)29-19-4-2-11-25-15-19/h2,4-11,14-16,26H,3,12-13H2,1H3. The zero-order valence-corrected chi connectivity index (χ0v) is 17.2. The Hall–Kier alpha value is -2.84. The van der Waals surface area contributed by atoms with Crippen LogP contribution in [-0.4, -0.2) is 25.7 Å². The molecule has 0 fully saturated rings. The molecule has 3 rings (SSSR count). The first kappa shape index (κ1) is 21.9. The molecule has 1 N–H and O–H groups in total. The van der Waals surface area contributed by atoms with Crippen LogP contribution in [0.4, 0.5) is 8.78 Å². The predicted octanol–water partition coefficient (Wildman–Crippen LogP) is 4.67. The van der Waals surface area contributed by atoms with Crippen molar-refractivity contribution in [3.8, 4) is 11.5 Å². The van der Waals surface area contributed by atoms with Crippen molar-refractivity contribution in [3.63, 3.8) is 0 Å². The normalized spacial score (nSPS) is 12.5. The molecule has 3 aromatic rings. The SMILES string of the molecule is CC(NCCCS(=O)(=O)c1ccc(F)cc1)c1ccc(Oc2cccnc2)c(F)c1. The highest BCUT2D eigenvalue weighted by Gasteiger charge is 2.15. The van der Waals surface area contributed by atoms with Crippen LogP contribution in [-0.2, 0) is 9.84 Å². The molecule has 0 aliphatic heterocycles. The number of rotatable bonds is 9. The predicted molar refractivity (Wildman–Crippen MR) is 110 cm³/mol. The first-order chi connectivity index (χ1) is 14.3. The lowest BCUT2D eigenvalue weighted by Gasteiger charge is -2.15. The topological polar surface area (TPSA) is 68.3 Å². The Morgan fingerprint density at radius 3 is 2.53 bits per heavy atom. The molecule has 30 heavy (non-hydrogen) atoms. The van der Waals surface area contributed by atoms with Gasteiger partial charge in [-0.25, -0.2) is 17.2 Å². The van der Waals surface area contributed by atoms with Gasteiger partial charge in [-0.05, 0) is 74.0 Å². The summed E-state index contributed by atoms with van der Waals surface area (Å²) in [6.07, 6.45) is 3.47. The van der Waals surface area contributed by atoms with Crippen LogP contribution in [0.25, 0.3) is 0 Å². The van der Waals surface area contributed by atoms with E-state index < -0.39 is 21.5 Å². The highest BCUT2D eigenvalue weighted by molar-refractivity contribution is 7.91. The van der Waals surface area contributed by atoms with Crippen LogP contribution in [0.1, 0.15) is 24.9 Å². The van der Waals surface area contributed by atoms with Crippen molar-refractivity contribution in [1.82, 2.24) is 10.3 Å². The Bertz CT molecular complexity index is 1080. The molecule has 0 spiro atoms. The van der Waals surface area contributed by atoms with E-state index in [-0.39, 0.29) is 22.4 Å². The maximum atomic E-state index is 14.4. The first-order valence-corrected chi connectivity index (χ1v) is 11.1. The Morgan fingerprint density at radius 1 is 1.10 bits per heavy atom. The lowest BCUT2D eigenvalue weighted by Crippen LogP contribution is -2.22. The number of hydrogen-bond acceptors (Lipinski definition) is 5. The van der Waals surface area contributed by atoms with Gasteiger partial charge in [0.2, 0.25) is 0 Å². The van der Waals surface area contributed by atoms with E-state index in [4.69, 9.17) is 4.74 Å². The minimum atomic E-state index is -3.47. The third-order valence-corrected chi connectivity index (χ3v) is 6.35. The molecule has 8 heteroatoms. The summed E-state index contributed by atoms with van der Waals surface area (Å²) in [7, 11) is -3.47. The molecule has 0 bridgehead atoms. The van der Waals surface area contributed by atoms with Crippen LogP contribution in [0, 0.1) is 11.6 Å². The molecule has 2 aromatic carbocycles. The minimum Gasteiger partial charge on any atom is -0.453 e. The molecule has 5 nitrogen and oxygen atoms in total. The van der Waals surface area contributed by atoms with Crippen LogP contribution >= 0.6 is 0 Å². The van der Waals surface area contributed by atoms with Gasteiger partial charge < -0.3 is 10.1 Å². The van der Waals surface area contributed by atoms with Crippen molar-refractivity contribution in [2.45, 2.75) is 24.3 Å². The van der Waals surface area contributed by atoms with Crippen molar-refractivity contribution in [2.75, 3.05) is 12.3 Å². The van der Waals surface area contributed by atoms with Crippen molar-refractivity contribution < 1.29 is 21.9 Å². The maximum absolute atomic E-state index is 14.4. The van der Waals surface area contributed by atoms with Gasteiger partial charge in [-0.2, -0.15) is 0 Å². The Labute approximate surface area is 174 Å². The van der Waals surface area contributed by atoms with E-state index in [1.807, 2.05) is 6.92 Å². The fourth-order valence-corrected chi connectivity index (χ4v) is 4.17. The number of pyridine rings is 1. The molecular weight excluding hydrogens is 410 g/mol. The number of nitrogens with zero attached hydrogens (tertiary/aromatic N) is 1. The number of ether oxygens (including phenoxy) is 1. The Morgan fingerprint density at radius 2 is 1.87 bits per heavy atom. The van der Waals surface area contributed by atoms with Gasteiger partial charge in [-0.1, -0.05) is 6.07 Å². The Kier molecular flexibility index (Phi) is 7.12. The van der Waals surface area contributed by atoms with Gasteiger partial charge in [-0.15, -0.1) is 0 Å². The maximum Gasteiger partial charge on any atom is 0.178 e. The second-order valence-electron chi connectivity index (χ2n) is 6.78. The van der Waals surface area contributed by atoms with Crippen molar-refractivity contribution in [3.05, 3.63) is 84.2 Å². The molecule has 158 valence electrons. The van der Waals surface area contributed by atoms with Gasteiger partial charge >= 0.3 is 0 Å². The lowest BCUT2D eigenvalue weighted by molar-refractivity contribution is 0.438. The molecule has 0 saturated heterocycles. The van der Waals surface area contributed by atoms with Crippen LogP contribution in [0.3, 0.4) is 0 Å². The highest BCUT2D eigenvalue weighted by atomic mass is 32.2. The molecule has 1 aromatic heterocycles. The molecular formula is C22H22F2N2O3S. The number of benzene rings is 2. The number of aromatic nitrogens is 1. The second-order valence-corrected chi connectivity index (χ2v) is 8.89. The van der Waals surface area contributed by atoms with Gasteiger partial charge in [0.15, 0.2) is 21.4 Å². The summed E-state index contributed by atoms with van der Waals surface area (Å²) in [5.41, 5.74) is 0.715. The quantitative estimate of drug-likeness (QED) is 0.393. The van der Waals surface area contributed by atoms with Crippen LogP contribution in [0.5, 0.6) is 11.5 Å². The molecule has 0 aliphatic carbocycles. The summed E-state index contributed by atoms with van der Waals surface area (Å²) >= 11 is 0. The fourth-order valence-electron chi connectivity index (χ4n) is 2.86. The summed E-state index contributed by atoms with van der Waals surface area (Å²) in [4.78, 5) is 4.02. The van der Waals surface area contributed by atoms with E-state index in [2.05, 4.69) is 10.3 Å². The van der Waals surface area contributed by atoms with E-state index in [1.165, 1.54) is 24.4 Å². The number of nitrogens with one attached hydrogen (secondary N) is 1. The molecule has 1 atom stereocenters. The van der Waals surface area contributed by atoms with Crippen LogP contribution in [0.15, 0.2) is 71.9 Å². The summed E-state index contributed by atoms with van der Waals surface area (Å²) in [5.74, 6) is -0.496. The smallest absolute Gasteiger partial charge is 0.178 e. The zero-order valence-electron chi connectivity index (χ0n) is 16.4. The fraction of sp³-hybridized carbons (Fsp3) is 0.227. The summed E-state index contributed by atoms with van der Waals surface area (Å²) < 4.78 is 57.4. The van der Waals surface area contributed by atoms with Crippen molar-refractivity contribution >= 4 is 9.84 Å². The summed E-state index contributed by atoms with van der Waals surface area (Å²) in [6, 6.07) is 12.7. The minimum absolute atomic E-state index is 0.0649. The molecule has 1 heterocycles. The zero-order chi connectivity index (χ0) is 21.6. The number of hydrogen-bond donors (Lipinski definition) is 1. The molecule has 1 unspecified atom stereocenters. The van der Waals surface area contributed by atoms with Crippen molar-refractivity contribution in [2.24, 2.45) is 0 Å². The largest absolute Gasteiger partial charge is 0.453 e. The van der Waals surface area contributed by atoms with E-state index in [0.717, 1.165) is 12.1 Å². The van der Waals surface area contributed by atoms with Gasteiger partial charge in [0.1, 0.15) is 11.6 Å². The monoisotopic (exact) mass is 432 g/mol. The van der Waals surface area contributed by atoms with Crippen molar-refractivity contribution in [1.29, 1.82) is 0 Å². The molecule has 0 radical (unpaired) electrons. The van der Waals surface area contributed by atoms with E-state index in [9.17, 15) is 17.2 Å². The Balaban J connectivity index is 1.51. The summed E-state index contributed by atoms with van der Waals surface area (Å²) in [6.45, 7) is 2.29. The lowest BCUT2D eigenvalue weighted by atomic mass is 10.1. The van der Waals surface area contributed by atoms with Gasteiger partial charge in [0.05, 0.1) is 16.8 Å². The third kappa shape index (κ3) is 5.84. The molecule has 0 amide bonds. The van der Waals surface area contributed by atoms with E-state index >= 15 is 0 Å². The summed E-state index contributed by atoms with van der Waals surface area (Å²) in [5, 5.41) is 3.19. The second kappa shape index (κ2) is 9.77. The van der Waals surface area contributed by atoms with E-state index in [1.54, 1.807) is 30.5 Å². The highest BCUT2D eigenvalue weighted by Crippen LogP contribution is 2.26. The number of sulfone groups is 1. The average molecular weight is 432 g/mol. The number of halogens is 2.